The predicted octanol–water partition coefficient (Wildman–Crippen LogP) is 2.05. The first-order valence-corrected chi connectivity index (χ1v) is 4.81. The second-order valence-corrected chi connectivity index (χ2v) is 3.26. The third-order valence-corrected chi connectivity index (χ3v) is 2.42. The summed E-state index contributed by atoms with van der Waals surface area (Å²) < 4.78 is 40.1. The van der Waals surface area contributed by atoms with Crippen LogP contribution in [0.2, 0.25) is 0 Å². The van der Waals surface area contributed by atoms with Gasteiger partial charge in [-0.1, -0.05) is 0 Å². The molecule has 2 nitrogen and oxygen atoms in total. The number of quaternary nitrogens is 1. The van der Waals surface area contributed by atoms with Gasteiger partial charge in [0, 0.05) is 13.0 Å². The molecule has 0 aromatic heterocycles. The number of hydrogen-bond donors (Lipinski definition) is 1. The molecule has 0 bridgehead atoms. The lowest BCUT2D eigenvalue weighted by atomic mass is 10.3. The Morgan fingerprint density at radius 1 is 1.14 bits per heavy atom. The standard InChI is InChI=1S/C7H17N2.BF4/c1-3-9(4-2)7-5-6-8-9;2-1(3,4)5/h8H,3-7H2,1-2H3;/q+1;-1. The molecule has 7 heteroatoms. The van der Waals surface area contributed by atoms with Crippen LogP contribution in [-0.2, 0) is 0 Å². The van der Waals surface area contributed by atoms with E-state index in [0.717, 1.165) is 4.59 Å². The molecule has 0 aromatic rings. The van der Waals surface area contributed by atoms with Gasteiger partial charge in [0.05, 0.1) is 19.6 Å². The SMILES string of the molecule is CC[N+]1(CC)CCCN1.F[B-](F)(F)F. The molecule has 0 atom stereocenters. The maximum atomic E-state index is 9.75. The molecule has 0 unspecified atom stereocenters. The molecule has 14 heavy (non-hydrogen) atoms. The van der Waals surface area contributed by atoms with Crippen LogP contribution in [0.4, 0.5) is 17.3 Å². The van der Waals surface area contributed by atoms with Gasteiger partial charge in [0.1, 0.15) is 0 Å². The van der Waals surface area contributed by atoms with E-state index in [-0.39, 0.29) is 0 Å². The molecule has 0 aliphatic carbocycles. The van der Waals surface area contributed by atoms with Crippen molar-refractivity contribution in [3.05, 3.63) is 0 Å². The van der Waals surface area contributed by atoms with Crippen molar-refractivity contribution in [3.8, 4) is 0 Å². The molecule has 1 fully saturated rings. The van der Waals surface area contributed by atoms with Gasteiger partial charge in [-0.25, -0.2) is 4.59 Å². The van der Waals surface area contributed by atoms with E-state index >= 15 is 0 Å². The zero-order valence-corrected chi connectivity index (χ0v) is 8.57. The number of hydrogen-bond acceptors (Lipinski definition) is 1. The van der Waals surface area contributed by atoms with Crippen LogP contribution in [-0.4, -0.2) is 38.0 Å². The van der Waals surface area contributed by atoms with Crippen LogP contribution in [0.15, 0.2) is 0 Å². The van der Waals surface area contributed by atoms with E-state index < -0.39 is 7.25 Å². The van der Waals surface area contributed by atoms with E-state index in [1.165, 1.54) is 32.6 Å². The molecule has 86 valence electrons. The molecule has 0 radical (unpaired) electrons. The smallest absolute Gasteiger partial charge is 0.418 e. The Kier molecular flexibility index (Phi) is 5.44. The van der Waals surface area contributed by atoms with Gasteiger partial charge in [0.15, 0.2) is 0 Å². The maximum absolute atomic E-state index is 9.75. The van der Waals surface area contributed by atoms with Crippen LogP contribution in [0.5, 0.6) is 0 Å². The van der Waals surface area contributed by atoms with Crippen molar-refractivity contribution in [2.75, 3.05) is 26.2 Å². The van der Waals surface area contributed by atoms with E-state index in [2.05, 4.69) is 19.3 Å². The van der Waals surface area contributed by atoms with Gasteiger partial charge in [-0.15, -0.1) is 0 Å². The molecule has 0 aromatic carbocycles. The molecule has 1 N–H and O–H groups in total. The molecule has 1 aliphatic rings. The van der Waals surface area contributed by atoms with Crippen LogP contribution in [0, 0.1) is 0 Å². The third kappa shape index (κ3) is 6.20. The normalized spacial score (nSPS) is 20.1. The third-order valence-electron chi connectivity index (χ3n) is 2.42. The van der Waals surface area contributed by atoms with E-state index in [1.54, 1.807) is 0 Å². The summed E-state index contributed by atoms with van der Waals surface area (Å²) in [7, 11) is -6.00. The first-order valence-electron chi connectivity index (χ1n) is 4.81. The fraction of sp³-hybridized carbons (Fsp3) is 1.00. The van der Waals surface area contributed by atoms with Gasteiger partial charge in [-0.05, 0) is 13.8 Å². The highest BCUT2D eigenvalue weighted by atomic mass is 19.5. The second kappa shape index (κ2) is 5.55. The van der Waals surface area contributed by atoms with Crippen LogP contribution in [0.25, 0.3) is 0 Å². The molecular weight excluding hydrogens is 199 g/mol. The Morgan fingerprint density at radius 3 is 1.71 bits per heavy atom. The lowest BCUT2D eigenvalue weighted by Gasteiger charge is -2.30. The Balaban J connectivity index is 0.000000292. The van der Waals surface area contributed by atoms with Gasteiger partial charge in [0.2, 0.25) is 0 Å². The molecule has 1 rings (SSSR count). The molecule has 1 heterocycles. The Labute approximate surface area is 81.9 Å². The molecule has 0 spiro atoms. The topological polar surface area (TPSA) is 12.0 Å². The van der Waals surface area contributed by atoms with Crippen LogP contribution in [0.3, 0.4) is 0 Å². The van der Waals surface area contributed by atoms with Crippen molar-refractivity contribution in [2.24, 2.45) is 0 Å². The zero-order valence-electron chi connectivity index (χ0n) is 8.57. The quantitative estimate of drug-likeness (QED) is 0.423. The summed E-state index contributed by atoms with van der Waals surface area (Å²) >= 11 is 0. The highest BCUT2D eigenvalue weighted by molar-refractivity contribution is 6.50. The summed E-state index contributed by atoms with van der Waals surface area (Å²) in [6.07, 6.45) is 1.35. The number of halogens is 4. The van der Waals surface area contributed by atoms with Crippen LogP contribution in [0.1, 0.15) is 20.3 Å². The largest absolute Gasteiger partial charge is 0.673 e. The fourth-order valence-electron chi connectivity index (χ4n) is 1.54. The molecule has 0 amide bonds. The molecular formula is C7H17BF4N2. The van der Waals surface area contributed by atoms with Gasteiger partial charge in [-0.3, -0.25) is 0 Å². The van der Waals surface area contributed by atoms with Crippen molar-refractivity contribution in [1.82, 2.24) is 5.43 Å². The van der Waals surface area contributed by atoms with Gasteiger partial charge < -0.3 is 17.3 Å². The first kappa shape index (κ1) is 13.7. The van der Waals surface area contributed by atoms with E-state index in [0.29, 0.717) is 0 Å². The van der Waals surface area contributed by atoms with Crippen molar-refractivity contribution >= 4 is 7.25 Å². The van der Waals surface area contributed by atoms with E-state index in [4.69, 9.17) is 0 Å². The average molecular weight is 216 g/mol. The summed E-state index contributed by atoms with van der Waals surface area (Å²) in [6, 6.07) is 0. The molecule has 1 saturated heterocycles. The van der Waals surface area contributed by atoms with Gasteiger partial charge in [-0.2, -0.15) is 5.43 Å². The lowest BCUT2D eigenvalue weighted by Crippen LogP contribution is -2.53. The van der Waals surface area contributed by atoms with Gasteiger partial charge >= 0.3 is 7.25 Å². The van der Waals surface area contributed by atoms with Gasteiger partial charge in [0.25, 0.3) is 0 Å². The summed E-state index contributed by atoms with van der Waals surface area (Å²) in [5.41, 5.74) is 3.51. The number of nitrogens with one attached hydrogen (secondary N) is 1. The number of nitrogens with zero attached hydrogens (tertiary/aromatic N) is 1. The minimum atomic E-state index is -6.00. The second-order valence-electron chi connectivity index (χ2n) is 3.26. The first-order chi connectivity index (χ1) is 6.33. The Bertz CT molecular complexity index is 144. The highest BCUT2D eigenvalue weighted by Gasteiger charge is 2.27. The summed E-state index contributed by atoms with van der Waals surface area (Å²) in [5, 5.41) is 0. The maximum Gasteiger partial charge on any atom is 0.673 e. The van der Waals surface area contributed by atoms with Crippen molar-refractivity contribution < 1.29 is 21.9 Å². The van der Waals surface area contributed by atoms with Crippen molar-refractivity contribution in [3.63, 3.8) is 0 Å². The predicted molar refractivity (Wildman–Crippen MR) is 49.0 cm³/mol. The van der Waals surface area contributed by atoms with Crippen molar-refractivity contribution in [1.29, 1.82) is 0 Å². The minimum absolute atomic E-state index is 1.14. The fourth-order valence-corrected chi connectivity index (χ4v) is 1.54. The zero-order chi connectivity index (χ0) is 11.2. The van der Waals surface area contributed by atoms with Crippen molar-refractivity contribution in [2.45, 2.75) is 20.3 Å². The highest BCUT2D eigenvalue weighted by Crippen LogP contribution is 2.08. The average Bonchev–Trinajstić information content (AvgIpc) is 2.50. The summed E-state index contributed by atoms with van der Waals surface area (Å²) in [6.45, 7) is 9.51. The Morgan fingerprint density at radius 2 is 1.57 bits per heavy atom. The lowest BCUT2D eigenvalue weighted by molar-refractivity contribution is -0.954. The van der Waals surface area contributed by atoms with E-state index in [9.17, 15) is 17.3 Å². The van der Waals surface area contributed by atoms with Crippen LogP contribution < -0.4 is 5.43 Å². The minimum Gasteiger partial charge on any atom is -0.418 e. The monoisotopic (exact) mass is 216 g/mol. The summed E-state index contributed by atoms with van der Waals surface area (Å²) in [4.78, 5) is 0. The molecule has 0 saturated carbocycles. The summed E-state index contributed by atoms with van der Waals surface area (Å²) in [5.74, 6) is 0. The van der Waals surface area contributed by atoms with Crippen LogP contribution >= 0.6 is 0 Å². The molecule has 1 aliphatic heterocycles. The number of rotatable bonds is 2. The van der Waals surface area contributed by atoms with E-state index in [1.807, 2.05) is 0 Å². The Hall–Kier alpha value is -0.295.